The highest BCUT2D eigenvalue weighted by Crippen LogP contribution is 2.41. The Morgan fingerprint density at radius 1 is 1.00 bits per heavy atom. The summed E-state index contributed by atoms with van der Waals surface area (Å²) < 4.78 is 15.8. The van der Waals surface area contributed by atoms with Crippen molar-refractivity contribution in [3.05, 3.63) is 53.6 Å². The average Bonchev–Trinajstić information content (AvgIpc) is 2.80. The molecule has 2 amide bonds. The summed E-state index contributed by atoms with van der Waals surface area (Å²) in [5, 5.41) is 5.70. The van der Waals surface area contributed by atoms with Gasteiger partial charge in [0.2, 0.25) is 0 Å². The first-order valence-electron chi connectivity index (χ1n) is 10.8. The van der Waals surface area contributed by atoms with Gasteiger partial charge in [0.1, 0.15) is 5.75 Å². The van der Waals surface area contributed by atoms with E-state index in [4.69, 9.17) is 14.2 Å². The van der Waals surface area contributed by atoms with Crippen LogP contribution in [0.5, 0.6) is 5.75 Å². The molecule has 0 aliphatic heterocycles. The van der Waals surface area contributed by atoms with Gasteiger partial charge in [-0.05, 0) is 73.9 Å². The minimum absolute atomic E-state index is 0.234. The quantitative estimate of drug-likeness (QED) is 0.574. The lowest BCUT2D eigenvalue weighted by Gasteiger charge is -2.38. The largest absolute Gasteiger partial charge is 0.495 e. The number of methoxy groups -OCH3 is 3. The van der Waals surface area contributed by atoms with Crippen LogP contribution in [0, 0.1) is 6.92 Å². The SMILES string of the molecule is COC(=O)C[C@]1(OC)CC[C@@H](c2ccc(NC(=O)Nc3cc(C)ccc3OC)cc2)CC1. The monoisotopic (exact) mass is 440 g/mol. The standard InChI is InChI=1S/C25H32N2O5/c1-17-5-10-22(30-2)21(15-17)27-24(29)26-20-8-6-18(7-9-20)19-11-13-25(32-4,14-12-19)16-23(28)31-3/h5-10,15,19H,11-14,16H2,1-4H3,(H2,26,27,29)/t19-,25+. The number of anilines is 2. The van der Waals surface area contributed by atoms with Crippen LogP contribution in [-0.4, -0.2) is 38.9 Å². The molecule has 0 radical (unpaired) electrons. The molecule has 1 fully saturated rings. The fourth-order valence-electron chi connectivity index (χ4n) is 4.31. The number of urea groups is 1. The lowest BCUT2D eigenvalue weighted by atomic mass is 9.74. The van der Waals surface area contributed by atoms with Gasteiger partial charge < -0.3 is 24.8 Å². The van der Waals surface area contributed by atoms with Crippen molar-refractivity contribution in [3.8, 4) is 5.75 Å². The number of aryl methyl sites for hydroxylation is 1. The maximum atomic E-state index is 12.4. The van der Waals surface area contributed by atoms with E-state index in [1.807, 2.05) is 49.4 Å². The molecule has 0 heterocycles. The van der Waals surface area contributed by atoms with Gasteiger partial charge in [0.25, 0.3) is 0 Å². The van der Waals surface area contributed by atoms with E-state index in [1.165, 1.54) is 12.7 Å². The van der Waals surface area contributed by atoms with E-state index in [-0.39, 0.29) is 18.4 Å². The van der Waals surface area contributed by atoms with Gasteiger partial charge in [-0.2, -0.15) is 0 Å². The number of carbonyl (C=O) groups excluding carboxylic acids is 2. The average molecular weight is 441 g/mol. The number of rotatable bonds is 7. The molecule has 0 bridgehead atoms. The summed E-state index contributed by atoms with van der Waals surface area (Å²) in [5.74, 6) is 0.773. The highest BCUT2D eigenvalue weighted by molar-refractivity contribution is 6.00. The third-order valence-corrected chi connectivity index (χ3v) is 6.27. The molecule has 1 aliphatic carbocycles. The van der Waals surface area contributed by atoms with Crippen LogP contribution < -0.4 is 15.4 Å². The lowest BCUT2D eigenvalue weighted by Crippen LogP contribution is -2.38. The van der Waals surface area contributed by atoms with Crippen LogP contribution in [0.1, 0.15) is 49.1 Å². The summed E-state index contributed by atoms with van der Waals surface area (Å²) in [5.41, 5.74) is 3.16. The van der Waals surface area contributed by atoms with Crippen LogP contribution >= 0.6 is 0 Å². The summed E-state index contributed by atoms with van der Waals surface area (Å²) >= 11 is 0. The first-order chi connectivity index (χ1) is 15.4. The third kappa shape index (κ3) is 5.79. The third-order valence-electron chi connectivity index (χ3n) is 6.27. The van der Waals surface area contributed by atoms with Crippen molar-refractivity contribution in [3.63, 3.8) is 0 Å². The smallest absolute Gasteiger partial charge is 0.323 e. The van der Waals surface area contributed by atoms with Crippen LogP contribution in [0.2, 0.25) is 0 Å². The normalized spacial score (nSPS) is 20.3. The summed E-state index contributed by atoms with van der Waals surface area (Å²) in [6.45, 7) is 1.96. The zero-order chi connectivity index (χ0) is 23.1. The minimum atomic E-state index is -0.431. The molecule has 7 nitrogen and oxygen atoms in total. The highest BCUT2D eigenvalue weighted by atomic mass is 16.5. The molecule has 172 valence electrons. The second kappa shape index (κ2) is 10.5. The van der Waals surface area contributed by atoms with Crippen molar-refractivity contribution in [1.82, 2.24) is 0 Å². The van der Waals surface area contributed by atoms with Gasteiger partial charge in [-0.15, -0.1) is 0 Å². The van der Waals surface area contributed by atoms with Crippen molar-refractivity contribution in [2.45, 2.75) is 50.5 Å². The number of hydrogen-bond acceptors (Lipinski definition) is 5. The van der Waals surface area contributed by atoms with E-state index in [9.17, 15) is 9.59 Å². The maximum absolute atomic E-state index is 12.4. The summed E-state index contributed by atoms with van der Waals surface area (Å²) in [6.07, 6.45) is 3.78. The van der Waals surface area contributed by atoms with Gasteiger partial charge in [0, 0.05) is 12.8 Å². The first kappa shape index (κ1) is 23.6. The van der Waals surface area contributed by atoms with Crippen molar-refractivity contribution >= 4 is 23.4 Å². The predicted molar refractivity (Wildman–Crippen MR) is 124 cm³/mol. The van der Waals surface area contributed by atoms with Gasteiger partial charge >= 0.3 is 12.0 Å². The van der Waals surface area contributed by atoms with E-state index in [0.29, 0.717) is 23.0 Å². The van der Waals surface area contributed by atoms with Gasteiger partial charge in [-0.1, -0.05) is 18.2 Å². The highest BCUT2D eigenvalue weighted by Gasteiger charge is 2.38. The minimum Gasteiger partial charge on any atom is -0.495 e. The molecule has 0 spiro atoms. The van der Waals surface area contributed by atoms with E-state index in [1.54, 1.807) is 14.2 Å². The Balaban J connectivity index is 1.57. The Morgan fingerprint density at radius 3 is 2.28 bits per heavy atom. The Morgan fingerprint density at radius 2 is 1.69 bits per heavy atom. The number of hydrogen-bond donors (Lipinski definition) is 2. The lowest BCUT2D eigenvalue weighted by molar-refractivity contribution is -0.149. The molecule has 2 N–H and O–H groups in total. The molecule has 0 unspecified atom stereocenters. The number of nitrogens with one attached hydrogen (secondary N) is 2. The molecule has 3 rings (SSSR count). The Bertz CT molecular complexity index is 934. The molecule has 0 atom stereocenters. The predicted octanol–water partition coefficient (Wildman–Crippen LogP) is 5.25. The summed E-state index contributed by atoms with van der Waals surface area (Å²) in [6, 6.07) is 13.2. The van der Waals surface area contributed by atoms with Gasteiger partial charge in [0.05, 0.1) is 31.9 Å². The van der Waals surface area contributed by atoms with Crippen LogP contribution in [0.3, 0.4) is 0 Å². The van der Waals surface area contributed by atoms with Gasteiger partial charge in [-0.25, -0.2) is 4.79 Å². The molecule has 2 aromatic carbocycles. The topological polar surface area (TPSA) is 85.9 Å². The van der Waals surface area contributed by atoms with Crippen molar-refractivity contribution in [2.75, 3.05) is 32.0 Å². The zero-order valence-electron chi connectivity index (χ0n) is 19.2. The van der Waals surface area contributed by atoms with Crippen LogP contribution in [-0.2, 0) is 14.3 Å². The Hall–Kier alpha value is -3.06. The zero-order valence-corrected chi connectivity index (χ0v) is 19.2. The number of benzene rings is 2. The fourth-order valence-corrected chi connectivity index (χ4v) is 4.31. The van der Waals surface area contributed by atoms with Crippen LogP contribution in [0.15, 0.2) is 42.5 Å². The van der Waals surface area contributed by atoms with Gasteiger partial charge in [0.15, 0.2) is 0 Å². The fraction of sp³-hybridized carbons (Fsp3) is 0.440. The van der Waals surface area contributed by atoms with E-state index >= 15 is 0 Å². The molecular weight excluding hydrogens is 408 g/mol. The summed E-state index contributed by atoms with van der Waals surface area (Å²) in [4.78, 5) is 24.2. The number of carbonyl (C=O) groups is 2. The second-order valence-electron chi connectivity index (χ2n) is 8.32. The van der Waals surface area contributed by atoms with Gasteiger partial charge in [-0.3, -0.25) is 4.79 Å². The maximum Gasteiger partial charge on any atom is 0.323 e. The van der Waals surface area contributed by atoms with E-state index in [2.05, 4.69) is 10.6 Å². The van der Waals surface area contributed by atoms with Crippen molar-refractivity contribution in [2.24, 2.45) is 0 Å². The molecule has 7 heteroatoms. The van der Waals surface area contributed by atoms with E-state index < -0.39 is 5.60 Å². The molecule has 1 saturated carbocycles. The number of esters is 1. The number of amides is 2. The molecular formula is C25H32N2O5. The molecule has 2 aromatic rings. The number of ether oxygens (including phenoxy) is 3. The second-order valence-corrected chi connectivity index (χ2v) is 8.32. The van der Waals surface area contributed by atoms with E-state index in [0.717, 1.165) is 31.2 Å². The molecule has 0 saturated heterocycles. The van der Waals surface area contributed by atoms with Crippen molar-refractivity contribution < 1.29 is 23.8 Å². The molecule has 32 heavy (non-hydrogen) atoms. The van der Waals surface area contributed by atoms with Crippen LogP contribution in [0.25, 0.3) is 0 Å². The van der Waals surface area contributed by atoms with Crippen molar-refractivity contribution in [1.29, 1.82) is 0 Å². The Kier molecular flexibility index (Phi) is 7.75. The van der Waals surface area contributed by atoms with Crippen LogP contribution in [0.4, 0.5) is 16.2 Å². The molecule has 0 aromatic heterocycles. The Labute approximate surface area is 189 Å². The summed E-state index contributed by atoms with van der Waals surface area (Å²) in [7, 11) is 4.65. The first-order valence-corrected chi connectivity index (χ1v) is 10.8. The molecule has 1 aliphatic rings.